The summed E-state index contributed by atoms with van der Waals surface area (Å²) >= 11 is 0. The van der Waals surface area contributed by atoms with E-state index in [1.165, 1.54) is 6.42 Å². The van der Waals surface area contributed by atoms with Crippen molar-refractivity contribution in [2.45, 2.75) is 58.5 Å². The van der Waals surface area contributed by atoms with Crippen LogP contribution in [0, 0.1) is 11.8 Å². The highest BCUT2D eigenvalue weighted by Crippen LogP contribution is 2.29. The third-order valence-corrected chi connectivity index (χ3v) is 4.35. The van der Waals surface area contributed by atoms with E-state index in [4.69, 9.17) is 0 Å². The van der Waals surface area contributed by atoms with E-state index in [1.54, 1.807) is 0 Å². The number of amides is 1. The Morgan fingerprint density at radius 3 is 2.67 bits per heavy atom. The van der Waals surface area contributed by atoms with Crippen molar-refractivity contribution >= 4 is 18.3 Å². The van der Waals surface area contributed by atoms with Gasteiger partial charge in [-0.25, -0.2) is 0 Å². The van der Waals surface area contributed by atoms with Gasteiger partial charge in [-0.2, -0.15) is 0 Å². The molecule has 2 fully saturated rings. The number of carbonyl (C=O) groups is 1. The molecule has 2 aliphatic heterocycles. The highest BCUT2D eigenvalue weighted by atomic mass is 35.5. The molecule has 0 spiro atoms. The Labute approximate surface area is 117 Å². The van der Waals surface area contributed by atoms with Gasteiger partial charge in [0.05, 0.1) is 0 Å². The molecule has 1 amide bonds. The maximum Gasteiger partial charge on any atom is 0.226 e. The van der Waals surface area contributed by atoms with Gasteiger partial charge in [-0.05, 0) is 45.1 Å². The summed E-state index contributed by atoms with van der Waals surface area (Å²) in [4.78, 5) is 14.7. The van der Waals surface area contributed by atoms with Crippen LogP contribution >= 0.6 is 12.4 Å². The standard InChI is InChI=1S/C14H26N2O.ClH/c1-4-13-7-10(2)9-16(13)14(17)12-5-6-15-11(3)8-12;/h10-13,15H,4-9H2,1-3H3;1H/t10?,11-,12-,13?;/m0./s1. The number of nitrogens with one attached hydrogen (secondary N) is 1. The van der Waals surface area contributed by atoms with Crippen LogP contribution in [0.25, 0.3) is 0 Å². The van der Waals surface area contributed by atoms with Gasteiger partial charge in [-0.3, -0.25) is 4.79 Å². The topological polar surface area (TPSA) is 32.3 Å². The number of hydrogen-bond acceptors (Lipinski definition) is 2. The molecule has 0 aliphatic carbocycles. The number of halogens is 1. The van der Waals surface area contributed by atoms with Crippen molar-refractivity contribution in [1.82, 2.24) is 10.2 Å². The van der Waals surface area contributed by atoms with E-state index in [-0.39, 0.29) is 18.3 Å². The highest BCUT2D eigenvalue weighted by molar-refractivity contribution is 5.85. The Bertz CT molecular complexity index is 285. The predicted molar refractivity (Wildman–Crippen MR) is 77.0 cm³/mol. The molecular formula is C14H27ClN2O. The number of carbonyl (C=O) groups excluding carboxylic acids is 1. The Hall–Kier alpha value is -0.280. The second-order valence-electron chi connectivity index (χ2n) is 5.97. The van der Waals surface area contributed by atoms with E-state index in [0.717, 1.165) is 32.4 Å². The summed E-state index contributed by atoms with van der Waals surface area (Å²) in [6.45, 7) is 8.63. The van der Waals surface area contributed by atoms with Gasteiger partial charge in [0.25, 0.3) is 0 Å². The Morgan fingerprint density at radius 1 is 1.33 bits per heavy atom. The first kappa shape index (κ1) is 15.8. The molecule has 0 bridgehead atoms. The summed E-state index contributed by atoms with van der Waals surface area (Å²) in [6.07, 6.45) is 4.34. The first-order valence-electron chi connectivity index (χ1n) is 7.15. The van der Waals surface area contributed by atoms with Crippen molar-refractivity contribution in [3.63, 3.8) is 0 Å². The summed E-state index contributed by atoms with van der Waals surface area (Å²) in [5, 5.41) is 3.42. The molecule has 2 aliphatic rings. The van der Waals surface area contributed by atoms with E-state index in [0.29, 0.717) is 23.9 Å². The third-order valence-electron chi connectivity index (χ3n) is 4.35. The minimum atomic E-state index is 0. The molecule has 0 aromatic carbocycles. The van der Waals surface area contributed by atoms with Crippen molar-refractivity contribution in [2.24, 2.45) is 11.8 Å². The Morgan fingerprint density at radius 2 is 2.06 bits per heavy atom. The molecule has 3 nitrogen and oxygen atoms in total. The number of hydrogen-bond donors (Lipinski definition) is 1. The van der Waals surface area contributed by atoms with Crippen LogP contribution in [0.3, 0.4) is 0 Å². The summed E-state index contributed by atoms with van der Waals surface area (Å²) in [6, 6.07) is 1.00. The predicted octanol–water partition coefficient (Wildman–Crippen LogP) is 2.44. The summed E-state index contributed by atoms with van der Waals surface area (Å²) in [5.41, 5.74) is 0. The summed E-state index contributed by atoms with van der Waals surface area (Å²) < 4.78 is 0. The molecule has 0 radical (unpaired) electrons. The van der Waals surface area contributed by atoms with Crippen LogP contribution in [-0.2, 0) is 4.79 Å². The van der Waals surface area contributed by atoms with Gasteiger partial charge in [-0.15, -0.1) is 12.4 Å². The second kappa shape index (κ2) is 6.76. The van der Waals surface area contributed by atoms with Crippen molar-refractivity contribution in [2.75, 3.05) is 13.1 Å². The Kier molecular flexibility index (Phi) is 5.93. The van der Waals surface area contributed by atoms with Crippen molar-refractivity contribution < 1.29 is 4.79 Å². The lowest BCUT2D eigenvalue weighted by Crippen LogP contribution is -2.45. The molecule has 1 N–H and O–H groups in total. The molecule has 2 heterocycles. The third kappa shape index (κ3) is 3.39. The lowest BCUT2D eigenvalue weighted by molar-refractivity contribution is -0.137. The first-order valence-corrected chi connectivity index (χ1v) is 7.15. The van der Waals surface area contributed by atoms with Gasteiger partial charge < -0.3 is 10.2 Å². The number of rotatable bonds is 2. The highest BCUT2D eigenvalue weighted by Gasteiger charge is 2.36. The minimum Gasteiger partial charge on any atom is -0.339 e. The average Bonchev–Trinajstić information content (AvgIpc) is 2.69. The molecule has 4 heteroatoms. The van der Waals surface area contributed by atoms with E-state index < -0.39 is 0 Å². The zero-order valence-corrected chi connectivity index (χ0v) is 12.6. The normalized spacial score (nSPS) is 36.3. The SMILES string of the molecule is CCC1CC(C)CN1C(=O)[C@H]1CCN[C@@H](C)C1.Cl. The molecule has 2 rings (SSSR count). The van der Waals surface area contributed by atoms with Crippen LogP contribution in [-0.4, -0.2) is 36.0 Å². The first-order chi connectivity index (χ1) is 8.11. The maximum absolute atomic E-state index is 12.6. The quantitative estimate of drug-likeness (QED) is 0.839. The summed E-state index contributed by atoms with van der Waals surface area (Å²) in [7, 11) is 0. The smallest absolute Gasteiger partial charge is 0.226 e. The molecule has 2 unspecified atom stereocenters. The van der Waals surface area contributed by atoms with Gasteiger partial charge in [0.15, 0.2) is 0 Å². The van der Waals surface area contributed by atoms with E-state index >= 15 is 0 Å². The molecule has 4 atom stereocenters. The minimum absolute atomic E-state index is 0. The van der Waals surface area contributed by atoms with Gasteiger partial charge in [0.1, 0.15) is 0 Å². The largest absolute Gasteiger partial charge is 0.339 e. The zero-order valence-electron chi connectivity index (χ0n) is 11.8. The lowest BCUT2D eigenvalue weighted by Gasteiger charge is -2.32. The number of likely N-dealkylation sites (tertiary alicyclic amines) is 1. The van der Waals surface area contributed by atoms with E-state index in [1.807, 2.05) is 0 Å². The van der Waals surface area contributed by atoms with Crippen molar-refractivity contribution in [3.8, 4) is 0 Å². The van der Waals surface area contributed by atoms with Crippen LogP contribution in [0.1, 0.15) is 46.5 Å². The lowest BCUT2D eigenvalue weighted by atomic mass is 9.91. The monoisotopic (exact) mass is 274 g/mol. The van der Waals surface area contributed by atoms with Crippen molar-refractivity contribution in [1.29, 1.82) is 0 Å². The van der Waals surface area contributed by atoms with Crippen LogP contribution in [0.15, 0.2) is 0 Å². The van der Waals surface area contributed by atoms with Crippen molar-refractivity contribution in [3.05, 3.63) is 0 Å². The van der Waals surface area contributed by atoms with Gasteiger partial charge in [0.2, 0.25) is 5.91 Å². The average molecular weight is 275 g/mol. The molecule has 106 valence electrons. The fourth-order valence-electron chi connectivity index (χ4n) is 3.40. The molecule has 0 aromatic heterocycles. The van der Waals surface area contributed by atoms with Gasteiger partial charge in [0, 0.05) is 24.5 Å². The fraction of sp³-hybridized carbons (Fsp3) is 0.929. The van der Waals surface area contributed by atoms with Crippen LogP contribution < -0.4 is 5.32 Å². The number of piperidine rings is 1. The van der Waals surface area contributed by atoms with Gasteiger partial charge >= 0.3 is 0 Å². The molecule has 18 heavy (non-hydrogen) atoms. The van der Waals surface area contributed by atoms with Crippen LogP contribution in [0.4, 0.5) is 0 Å². The van der Waals surface area contributed by atoms with Crippen LogP contribution in [0.2, 0.25) is 0 Å². The number of nitrogens with zero attached hydrogens (tertiary/aromatic N) is 1. The molecule has 0 saturated carbocycles. The summed E-state index contributed by atoms with van der Waals surface area (Å²) in [5.74, 6) is 1.38. The molecule has 2 saturated heterocycles. The second-order valence-corrected chi connectivity index (χ2v) is 5.97. The maximum atomic E-state index is 12.6. The fourth-order valence-corrected chi connectivity index (χ4v) is 3.40. The van der Waals surface area contributed by atoms with E-state index in [2.05, 4.69) is 31.0 Å². The van der Waals surface area contributed by atoms with Gasteiger partial charge in [-0.1, -0.05) is 13.8 Å². The van der Waals surface area contributed by atoms with E-state index in [9.17, 15) is 4.79 Å². The molecule has 0 aromatic rings. The Balaban J connectivity index is 0.00000162. The molecular weight excluding hydrogens is 248 g/mol. The zero-order chi connectivity index (χ0) is 12.4. The van der Waals surface area contributed by atoms with Crippen LogP contribution in [0.5, 0.6) is 0 Å².